The number of para-hydroxylation sites is 1. The summed E-state index contributed by atoms with van der Waals surface area (Å²) in [6, 6.07) is 4.22. The number of urea groups is 1. The molecule has 0 saturated carbocycles. The van der Waals surface area contributed by atoms with Crippen molar-refractivity contribution >= 4 is 23.7 Å². The maximum atomic E-state index is 11.9. The molecule has 0 bridgehead atoms. The number of carboxylic acids is 1. The van der Waals surface area contributed by atoms with Gasteiger partial charge in [0.1, 0.15) is 5.56 Å². The molecule has 0 aliphatic carbocycles. The van der Waals surface area contributed by atoms with Crippen molar-refractivity contribution in [1.29, 1.82) is 0 Å². The van der Waals surface area contributed by atoms with Gasteiger partial charge >= 0.3 is 18.0 Å². The molecular formula is C16H22N2O6. The Labute approximate surface area is 140 Å². The highest BCUT2D eigenvalue weighted by molar-refractivity contribution is 5.98. The Morgan fingerprint density at radius 2 is 1.96 bits per heavy atom. The van der Waals surface area contributed by atoms with Gasteiger partial charge < -0.3 is 25.2 Å². The summed E-state index contributed by atoms with van der Waals surface area (Å²) in [5.74, 6) is -1.27. The maximum Gasteiger partial charge on any atom is 0.341 e. The predicted molar refractivity (Wildman–Crippen MR) is 87.4 cm³/mol. The number of carbonyl (C=O) groups excluding carboxylic acids is 2. The molecule has 0 aliphatic rings. The summed E-state index contributed by atoms with van der Waals surface area (Å²) in [5, 5.41) is 13.7. The maximum absolute atomic E-state index is 11.9. The van der Waals surface area contributed by atoms with Gasteiger partial charge in [0.25, 0.3) is 0 Å². The van der Waals surface area contributed by atoms with Gasteiger partial charge in [-0.3, -0.25) is 4.79 Å². The van der Waals surface area contributed by atoms with E-state index in [2.05, 4.69) is 10.6 Å². The zero-order valence-corrected chi connectivity index (χ0v) is 13.9. The van der Waals surface area contributed by atoms with Crippen LogP contribution in [0.25, 0.3) is 0 Å². The summed E-state index contributed by atoms with van der Waals surface area (Å²) in [6.45, 7) is 3.81. The second-order valence-corrected chi connectivity index (χ2v) is 5.22. The van der Waals surface area contributed by atoms with Crippen LogP contribution >= 0.6 is 0 Å². The molecule has 0 unspecified atom stereocenters. The van der Waals surface area contributed by atoms with Crippen LogP contribution in [0.4, 0.5) is 10.5 Å². The fourth-order valence-corrected chi connectivity index (χ4v) is 1.88. The molecule has 1 rings (SSSR count). The van der Waals surface area contributed by atoms with Gasteiger partial charge in [0.15, 0.2) is 5.75 Å². The van der Waals surface area contributed by atoms with Crippen LogP contribution in [0.3, 0.4) is 0 Å². The van der Waals surface area contributed by atoms with E-state index in [-0.39, 0.29) is 30.4 Å². The molecule has 132 valence electrons. The first-order chi connectivity index (χ1) is 11.3. The molecule has 0 aromatic heterocycles. The summed E-state index contributed by atoms with van der Waals surface area (Å²) in [7, 11) is 1.26. The average molecular weight is 338 g/mol. The Kier molecular flexibility index (Phi) is 7.54. The molecule has 0 spiro atoms. The van der Waals surface area contributed by atoms with Gasteiger partial charge in [-0.05, 0) is 32.4 Å². The number of ether oxygens (including phenoxy) is 2. The van der Waals surface area contributed by atoms with Crippen LogP contribution in [0.2, 0.25) is 0 Å². The van der Waals surface area contributed by atoms with Crippen LogP contribution in [0.15, 0.2) is 18.2 Å². The van der Waals surface area contributed by atoms with Crippen molar-refractivity contribution in [3.05, 3.63) is 23.8 Å². The first-order valence-corrected chi connectivity index (χ1v) is 7.49. The number of esters is 1. The van der Waals surface area contributed by atoms with E-state index in [4.69, 9.17) is 14.6 Å². The fourth-order valence-electron chi connectivity index (χ4n) is 1.88. The number of nitrogens with one attached hydrogen (secondary N) is 2. The van der Waals surface area contributed by atoms with Crippen LogP contribution in [0.1, 0.15) is 37.0 Å². The van der Waals surface area contributed by atoms with Crippen molar-refractivity contribution in [2.75, 3.05) is 19.0 Å². The highest BCUT2D eigenvalue weighted by atomic mass is 16.5. The lowest BCUT2D eigenvalue weighted by molar-refractivity contribution is -0.137. The summed E-state index contributed by atoms with van der Waals surface area (Å²) in [4.78, 5) is 34.2. The molecule has 8 nitrogen and oxygen atoms in total. The Balaban J connectivity index is 2.84. The molecule has 0 aliphatic heterocycles. The summed E-state index contributed by atoms with van der Waals surface area (Å²) in [5.41, 5.74) is 0.525. The highest BCUT2D eigenvalue weighted by Crippen LogP contribution is 2.30. The van der Waals surface area contributed by atoms with Gasteiger partial charge in [-0.15, -0.1) is 0 Å². The summed E-state index contributed by atoms with van der Waals surface area (Å²) < 4.78 is 10.4. The van der Waals surface area contributed by atoms with Crippen molar-refractivity contribution in [3.8, 4) is 5.75 Å². The molecule has 0 fully saturated rings. The van der Waals surface area contributed by atoms with E-state index in [1.807, 2.05) is 0 Å². The van der Waals surface area contributed by atoms with Gasteiger partial charge in [0, 0.05) is 13.0 Å². The van der Waals surface area contributed by atoms with Gasteiger partial charge in [-0.1, -0.05) is 6.07 Å². The SMILES string of the molecule is COC(=O)c1cccc(NC(=O)NCCCC(=O)O)c1OC(C)C. The normalized spacial score (nSPS) is 10.2. The van der Waals surface area contributed by atoms with Crippen molar-refractivity contribution in [2.45, 2.75) is 32.8 Å². The molecule has 1 aromatic rings. The smallest absolute Gasteiger partial charge is 0.341 e. The zero-order chi connectivity index (χ0) is 18.1. The molecule has 2 amide bonds. The number of amides is 2. The number of methoxy groups -OCH3 is 1. The fraction of sp³-hybridized carbons (Fsp3) is 0.438. The van der Waals surface area contributed by atoms with Crippen molar-refractivity contribution in [3.63, 3.8) is 0 Å². The monoisotopic (exact) mass is 338 g/mol. The first kappa shape index (κ1) is 19.3. The second-order valence-electron chi connectivity index (χ2n) is 5.22. The van der Waals surface area contributed by atoms with E-state index in [1.54, 1.807) is 32.0 Å². The Morgan fingerprint density at radius 3 is 2.54 bits per heavy atom. The molecule has 0 heterocycles. The molecule has 0 radical (unpaired) electrons. The third-order valence-electron chi connectivity index (χ3n) is 2.88. The van der Waals surface area contributed by atoms with Gasteiger partial charge in [-0.25, -0.2) is 9.59 Å². The van der Waals surface area contributed by atoms with Crippen LogP contribution in [-0.2, 0) is 9.53 Å². The van der Waals surface area contributed by atoms with Gasteiger partial charge in [-0.2, -0.15) is 0 Å². The van der Waals surface area contributed by atoms with E-state index < -0.39 is 18.0 Å². The lowest BCUT2D eigenvalue weighted by Gasteiger charge is -2.18. The Hall–Kier alpha value is -2.77. The molecular weight excluding hydrogens is 316 g/mol. The molecule has 3 N–H and O–H groups in total. The third-order valence-corrected chi connectivity index (χ3v) is 2.88. The number of hydrogen-bond acceptors (Lipinski definition) is 5. The number of benzene rings is 1. The van der Waals surface area contributed by atoms with Crippen molar-refractivity contribution in [1.82, 2.24) is 5.32 Å². The Morgan fingerprint density at radius 1 is 1.25 bits per heavy atom. The zero-order valence-electron chi connectivity index (χ0n) is 13.9. The number of carbonyl (C=O) groups is 3. The van der Waals surface area contributed by atoms with Crippen LogP contribution in [0.5, 0.6) is 5.75 Å². The second kappa shape index (κ2) is 9.39. The molecule has 24 heavy (non-hydrogen) atoms. The summed E-state index contributed by atoms with van der Waals surface area (Å²) >= 11 is 0. The lowest BCUT2D eigenvalue weighted by Crippen LogP contribution is -2.30. The first-order valence-electron chi connectivity index (χ1n) is 7.49. The van der Waals surface area contributed by atoms with E-state index in [9.17, 15) is 14.4 Å². The van der Waals surface area contributed by atoms with E-state index in [0.717, 1.165) is 0 Å². The lowest BCUT2D eigenvalue weighted by atomic mass is 10.1. The number of hydrogen-bond donors (Lipinski definition) is 3. The summed E-state index contributed by atoms with van der Waals surface area (Å²) in [6.07, 6.45) is 0.0788. The minimum atomic E-state index is -0.921. The van der Waals surface area contributed by atoms with Crippen molar-refractivity contribution in [2.24, 2.45) is 0 Å². The van der Waals surface area contributed by atoms with Crippen molar-refractivity contribution < 1.29 is 29.0 Å². The topological polar surface area (TPSA) is 114 Å². The number of carboxylic acid groups (broad SMARTS) is 1. The van der Waals surface area contributed by atoms with Crippen LogP contribution in [-0.4, -0.2) is 42.8 Å². The minimum Gasteiger partial charge on any atom is -0.488 e. The van der Waals surface area contributed by atoms with Gasteiger partial charge in [0.05, 0.1) is 18.9 Å². The molecule has 0 atom stereocenters. The number of rotatable bonds is 8. The Bertz CT molecular complexity index is 600. The number of anilines is 1. The van der Waals surface area contributed by atoms with Crippen LogP contribution in [0, 0.1) is 0 Å². The minimum absolute atomic E-state index is 0.0280. The van der Waals surface area contributed by atoms with Crippen LogP contribution < -0.4 is 15.4 Å². The highest BCUT2D eigenvalue weighted by Gasteiger charge is 2.19. The number of aliphatic carboxylic acids is 1. The predicted octanol–water partition coefficient (Wildman–Crippen LogP) is 2.25. The van der Waals surface area contributed by atoms with E-state index >= 15 is 0 Å². The quantitative estimate of drug-likeness (QED) is 0.495. The average Bonchev–Trinajstić information content (AvgIpc) is 2.51. The third kappa shape index (κ3) is 6.15. The standard InChI is InChI=1S/C16H22N2O6/c1-10(2)24-14-11(15(21)23-3)6-4-7-12(14)18-16(22)17-9-5-8-13(19)20/h4,6-7,10H,5,8-9H2,1-3H3,(H,19,20)(H2,17,18,22). The molecule has 0 saturated heterocycles. The van der Waals surface area contributed by atoms with Gasteiger partial charge in [0.2, 0.25) is 0 Å². The molecule has 8 heteroatoms. The van der Waals surface area contributed by atoms with E-state index in [1.165, 1.54) is 7.11 Å². The van der Waals surface area contributed by atoms with E-state index in [0.29, 0.717) is 12.1 Å². The largest absolute Gasteiger partial charge is 0.488 e. The molecule has 1 aromatic carbocycles.